The van der Waals surface area contributed by atoms with Crippen molar-refractivity contribution in [2.45, 2.75) is 13.0 Å². The van der Waals surface area contributed by atoms with Gasteiger partial charge in [0.25, 0.3) is 5.91 Å². The maximum absolute atomic E-state index is 12.4. The first-order valence-electron chi connectivity index (χ1n) is 7.26. The lowest BCUT2D eigenvalue weighted by Crippen LogP contribution is -2.26. The van der Waals surface area contributed by atoms with Gasteiger partial charge in [0, 0.05) is 5.56 Å². The Hall–Kier alpha value is -2.69. The number of hydrogen-bond acceptors (Lipinski definition) is 4. The number of methoxy groups -OCH3 is 3. The van der Waals surface area contributed by atoms with Gasteiger partial charge in [-0.15, -0.1) is 0 Å². The fourth-order valence-corrected chi connectivity index (χ4v) is 2.23. The molecule has 0 aliphatic carbocycles. The summed E-state index contributed by atoms with van der Waals surface area (Å²) in [4.78, 5) is 12.4. The van der Waals surface area contributed by atoms with Crippen molar-refractivity contribution in [1.29, 1.82) is 0 Å². The van der Waals surface area contributed by atoms with E-state index in [4.69, 9.17) is 14.2 Å². The molecule has 122 valence electrons. The number of ether oxygens (including phenoxy) is 3. The van der Waals surface area contributed by atoms with Crippen molar-refractivity contribution in [3.05, 3.63) is 53.6 Å². The van der Waals surface area contributed by atoms with Gasteiger partial charge in [-0.3, -0.25) is 4.79 Å². The van der Waals surface area contributed by atoms with Crippen LogP contribution in [0.2, 0.25) is 0 Å². The number of amides is 1. The molecule has 5 heteroatoms. The van der Waals surface area contributed by atoms with E-state index in [0.717, 1.165) is 11.3 Å². The van der Waals surface area contributed by atoms with Gasteiger partial charge in [0.05, 0.1) is 27.4 Å². The third-order valence-electron chi connectivity index (χ3n) is 3.61. The number of carbonyl (C=O) groups is 1. The van der Waals surface area contributed by atoms with Gasteiger partial charge in [0.15, 0.2) is 11.5 Å². The average molecular weight is 315 g/mol. The molecule has 2 rings (SSSR count). The minimum atomic E-state index is -0.172. The van der Waals surface area contributed by atoms with E-state index in [1.165, 1.54) is 0 Å². The van der Waals surface area contributed by atoms with Crippen LogP contribution in [0.15, 0.2) is 42.5 Å². The maximum atomic E-state index is 12.4. The molecule has 0 saturated heterocycles. The van der Waals surface area contributed by atoms with E-state index >= 15 is 0 Å². The van der Waals surface area contributed by atoms with Crippen LogP contribution in [0, 0.1) is 0 Å². The van der Waals surface area contributed by atoms with Gasteiger partial charge >= 0.3 is 0 Å². The molecule has 0 fully saturated rings. The second-order valence-electron chi connectivity index (χ2n) is 5.04. The number of hydrogen-bond donors (Lipinski definition) is 1. The van der Waals surface area contributed by atoms with Crippen LogP contribution in [0.1, 0.15) is 28.9 Å². The summed E-state index contributed by atoms with van der Waals surface area (Å²) in [5.41, 5.74) is 1.52. The topological polar surface area (TPSA) is 56.8 Å². The number of rotatable bonds is 6. The number of carbonyl (C=O) groups excluding carboxylic acids is 1. The summed E-state index contributed by atoms with van der Waals surface area (Å²) >= 11 is 0. The van der Waals surface area contributed by atoms with E-state index in [1.807, 2.05) is 31.2 Å². The summed E-state index contributed by atoms with van der Waals surface area (Å²) in [6.45, 7) is 1.93. The molecule has 0 saturated carbocycles. The standard InChI is InChI=1S/C18H21NO4/c1-12(13-5-8-15(21-2)9-6-13)19-18(20)14-7-10-16(22-3)17(11-14)23-4/h5-12H,1-4H3,(H,19,20). The van der Waals surface area contributed by atoms with Gasteiger partial charge < -0.3 is 19.5 Å². The highest BCUT2D eigenvalue weighted by atomic mass is 16.5. The van der Waals surface area contributed by atoms with Gasteiger partial charge in [0.1, 0.15) is 5.75 Å². The lowest BCUT2D eigenvalue weighted by molar-refractivity contribution is 0.0939. The lowest BCUT2D eigenvalue weighted by atomic mass is 10.1. The van der Waals surface area contributed by atoms with Crippen molar-refractivity contribution < 1.29 is 19.0 Å². The van der Waals surface area contributed by atoms with Gasteiger partial charge in [0.2, 0.25) is 0 Å². The molecule has 1 amide bonds. The first-order chi connectivity index (χ1) is 11.1. The largest absolute Gasteiger partial charge is 0.497 e. The minimum Gasteiger partial charge on any atom is -0.497 e. The van der Waals surface area contributed by atoms with E-state index in [9.17, 15) is 4.79 Å². The molecule has 0 spiro atoms. The van der Waals surface area contributed by atoms with Crippen LogP contribution in [0.25, 0.3) is 0 Å². The number of benzene rings is 2. The van der Waals surface area contributed by atoms with Gasteiger partial charge in [-0.2, -0.15) is 0 Å². The summed E-state index contributed by atoms with van der Waals surface area (Å²) < 4.78 is 15.5. The normalized spacial score (nSPS) is 11.5. The minimum absolute atomic E-state index is 0.124. The van der Waals surface area contributed by atoms with Crippen LogP contribution in [0.3, 0.4) is 0 Å². The molecule has 0 heterocycles. The molecule has 2 aromatic rings. The van der Waals surface area contributed by atoms with Crippen molar-refractivity contribution in [2.75, 3.05) is 21.3 Å². The van der Waals surface area contributed by atoms with Gasteiger partial charge in [-0.1, -0.05) is 12.1 Å². The first kappa shape index (κ1) is 16.7. The zero-order valence-corrected chi connectivity index (χ0v) is 13.8. The highest BCUT2D eigenvalue weighted by Gasteiger charge is 2.14. The third kappa shape index (κ3) is 3.94. The van der Waals surface area contributed by atoms with Crippen molar-refractivity contribution in [2.24, 2.45) is 0 Å². The summed E-state index contributed by atoms with van der Waals surface area (Å²) in [6, 6.07) is 12.6. The van der Waals surface area contributed by atoms with E-state index in [0.29, 0.717) is 17.1 Å². The van der Waals surface area contributed by atoms with Crippen LogP contribution in [-0.4, -0.2) is 27.2 Å². The van der Waals surface area contributed by atoms with Crippen molar-refractivity contribution in [3.8, 4) is 17.2 Å². The smallest absolute Gasteiger partial charge is 0.251 e. The summed E-state index contributed by atoms with van der Waals surface area (Å²) in [5.74, 6) is 1.73. The number of nitrogens with one attached hydrogen (secondary N) is 1. The zero-order chi connectivity index (χ0) is 16.8. The molecule has 1 atom stereocenters. The molecule has 0 bridgehead atoms. The van der Waals surface area contributed by atoms with E-state index in [-0.39, 0.29) is 11.9 Å². The molecule has 0 aromatic heterocycles. The van der Waals surface area contributed by atoms with Crippen LogP contribution >= 0.6 is 0 Å². The van der Waals surface area contributed by atoms with Crippen molar-refractivity contribution >= 4 is 5.91 Å². The van der Waals surface area contributed by atoms with Gasteiger partial charge in [-0.25, -0.2) is 0 Å². The SMILES string of the molecule is COc1ccc(C(C)NC(=O)c2ccc(OC)c(OC)c2)cc1. The Morgan fingerprint density at radius 1 is 0.913 bits per heavy atom. The van der Waals surface area contributed by atoms with Crippen molar-refractivity contribution in [1.82, 2.24) is 5.32 Å². The summed E-state index contributed by atoms with van der Waals surface area (Å²) in [6.07, 6.45) is 0. The van der Waals surface area contributed by atoms with E-state index in [2.05, 4.69) is 5.32 Å². The first-order valence-corrected chi connectivity index (χ1v) is 7.26. The van der Waals surface area contributed by atoms with E-state index < -0.39 is 0 Å². The van der Waals surface area contributed by atoms with Gasteiger partial charge in [-0.05, 0) is 42.8 Å². The third-order valence-corrected chi connectivity index (χ3v) is 3.61. The second kappa shape index (κ2) is 7.54. The predicted molar refractivity (Wildman–Crippen MR) is 88.4 cm³/mol. The highest BCUT2D eigenvalue weighted by Crippen LogP contribution is 2.27. The van der Waals surface area contributed by atoms with Crippen LogP contribution in [-0.2, 0) is 0 Å². The Bertz CT molecular complexity index is 667. The monoisotopic (exact) mass is 315 g/mol. The molecule has 0 aliphatic heterocycles. The Morgan fingerprint density at radius 2 is 1.57 bits per heavy atom. The molecule has 0 radical (unpaired) electrons. The maximum Gasteiger partial charge on any atom is 0.251 e. The highest BCUT2D eigenvalue weighted by molar-refractivity contribution is 5.95. The quantitative estimate of drug-likeness (QED) is 0.889. The Morgan fingerprint density at radius 3 is 2.13 bits per heavy atom. The van der Waals surface area contributed by atoms with Crippen LogP contribution < -0.4 is 19.5 Å². The Labute approximate surface area is 136 Å². The molecule has 23 heavy (non-hydrogen) atoms. The van der Waals surface area contributed by atoms with E-state index in [1.54, 1.807) is 39.5 Å². The molecule has 2 aromatic carbocycles. The Balaban J connectivity index is 2.11. The van der Waals surface area contributed by atoms with Crippen molar-refractivity contribution in [3.63, 3.8) is 0 Å². The molecular weight excluding hydrogens is 294 g/mol. The van der Waals surface area contributed by atoms with Crippen LogP contribution in [0.4, 0.5) is 0 Å². The predicted octanol–water partition coefficient (Wildman–Crippen LogP) is 3.20. The zero-order valence-electron chi connectivity index (χ0n) is 13.8. The molecule has 0 aliphatic rings. The fourth-order valence-electron chi connectivity index (χ4n) is 2.23. The summed E-state index contributed by atoms with van der Waals surface area (Å²) in [5, 5.41) is 2.96. The molecular formula is C18H21NO4. The lowest BCUT2D eigenvalue weighted by Gasteiger charge is -2.15. The average Bonchev–Trinajstić information content (AvgIpc) is 2.60. The van der Waals surface area contributed by atoms with Crippen LogP contribution in [0.5, 0.6) is 17.2 Å². The second-order valence-corrected chi connectivity index (χ2v) is 5.04. The Kier molecular flexibility index (Phi) is 5.46. The summed E-state index contributed by atoms with van der Waals surface area (Å²) in [7, 11) is 4.72. The molecule has 1 N–H and O–H groups in total. The fraction of sp³-hybridized carbons (Fsp3) is 0.278. The molecule has 5 nitrogen and oxygen atoms in total. The molecule has 1 unspecified atom stereocenters.